The van der Waals surface area contributed by atoms with E-state index in [0.717, 1.165) is 34.3 Å². The Bertz CT molecular complexity index is 1120. The molecule has 3 aromatic rings. The van der Waals surface area contributed by atoms with Crippen LogP contribution < -0.4 is 4.74 Å². The molecule has 1 unspecified atom stereocenters. The Morgan fingerprint density at radius 3 is 2.70 bits per heavy atom. The van der Waals surface area contributed by atoms with Gasteiger partial charge in [-0.05, 0) is 68.1 Å². The Balaban J connectivity index is 1.61. The molecule has 1 heterocycles. The lowest BCUT2D eigenvalue weighted by atomic mass is 10.0. The van der Waals surface area contributed by atoms with Crippen molar-refractivity contribution in [2.75, 3.05) is 0 Å². The van der Waals surface area contributed by atoms with E-state index in [1.165, 1.54) is 11.1 Å². The van der Waals surface area contributed by atoms with Crippen LogP contribution in [0.25, 0.3) is 11.0 Å². The highest BCUT2D eigenvalue weighted by Gasteiger charge is 2.09. The zero-order valence-electron chi connectivity index (χ0n) is 15.8. The van der Waals surface area contributed by atoms with Gasteiger partial charge in [-0.1, -0.05) is 42.2 Å². The first kappa shape index (κ1) is 17.2. The summed E-state index contributed by atoms with van der Waals surface area (Å²) in [6, 6.07) is 10.7. The SMILES string of the molecule is Cc1ccc(Oc2nc3cc(C#CC4C=CC=CC4)c(C)cc3[nH]2)cc1C. The summed E-state index contributed by atoms with van der Waals surface area (Å²) in [7, 11) is 0. The van der Waals surface area contributed by atoms with Crippen LogP contribution in [0, 0.1) is 38.5 Å². The molecule has 2 aromatic carbocycles. The molecule has 134 valence electrons. The van der Waals surface area contributed by atoms with Crippen LogP contribution in [0.3, 0.4) is 0 Å². The van der Waals surface area contributed by atoms with Crippen LogP contribution in [0.4, 0.5) is 0 Å². The molecular weight excluding hydrogens is 332 g/mol. The highest BCUT2D eigenvalue weighted by molar-refractivity contribution is 5.79. The van der Waals surface area contributed by atoms with Crippen molar-refractivity contribution in [2.45, 2.75) is 27.2 Å². The molecule has 1 aliphatic rings. The number of hydrogen-bond donors (Lipinski definition) is 1. The molecule has 0 saturated carbocycles. The van der Waals surface area contributed by atoms with Crippen molar-refractivity contribution in [2.24, 2.45) is 5.92 Å². The number of nitrogens with zero attached hydrogens (tertiary/aromatic N) is 1. The van der Waals surface area contributed by atoms with Crippen LogP contribution in [-0.4, -0.2) is 9.97 Å². The predicted octanol–water partition coefficient (Wildman–Crippen LogP) is 5.76. The van der Waals surface area contributed by atoms with Crippen molar-refractivity contribution in [3.05, 3.63) is 76.9 Å². The van der Waals surface area contributed by atoms with Gasteiger partial charge < -0.3 is 9.72 Å². The van der Waals surface area contributed by atoms with E-state index in [9.17, 15) is 0 Å². The third-order valence-electron chi connectivity index (χ3n) is 4.87. The predicted molar refractivity (Wildman–Crippen MR) is 110 cm³/mol. The van der Waals surface area contributed by atoms with Gasteiger partial charge >= 0.3 is 0 Å². The normalized spacial score (nSPS) is 15.6. The fourth-order valence-corrected chi connectivity index (χ4v) is 3.07. The molecule has 3 nitrogen and oxygen atoms in total. The van der Waals surface area contributed by atoms with Gasteiger partial charge in [0.05, 0.1) is 11.0 Å². The van der Waals surface area contributed by atoms with Crippen LogP contribution in [0.5, 0.6) is 11.8 Å². The molecular formula is C24H22N2O. The van der Waals surface area contributed by atoms with Crippen LogP contribution in [-0.2, 0) is 0 Å². The van der Waals surface area contributed by atoms with Crippen molar-refractivity contribution >= 4 is 11.0 Å². The van der Waals surface area contributed by atoms with Crippen LogP contribution in [0.1, 0.15) is 28.7 Å². The number of allylic oxidation sites excluding steroid dienone is 4. The van der Waals surface area contributed by atoms with Gasteiger partial charge in [-0.3, -0.25) is 0 Å². The van der Waals surface area contributed by atoms with Gasteiger partial charge in [-0.2, -0.15) is 4.98 Å². The molecule has 4 rings (SSSR count). The molecule has 0 aliphatic heterocycles. The molecule has 1 atom stereocenters. The van der Waals surface area contributed by atoms with Crippen molar-refractivity contribution < 1.29 is 4.74 Å². The quantitative estimate of drug-likeness (QED) is 0.594. The van der Waals surface area contributed by atoms with Gasteiger partial charge in [0, 0.05) is 11.5 Å². The topological polar surface area (TPSA) is 37.9 Å². The molecule has 1 aromatic heterocycles. The smallest absolute Gasteiger partial charge is 0.300 e. The first-order valence-electron chi connectivity index (χ1n) is 9.19. The number of benzene rings is 2. The minimum Gasteiger partial charge on any atom is -0.426 e. The van der Waals surface area contributed by atoms with Crippen molar-refractivity contribution in [3.8, 4) is 23.6 Å². The average Bonchev–Trinajstić information content (AvgIpc) is 3.04. The van der Waals surface area contributed by atoms with E-state index in [2.05, 4.69) is 79.0 Å². The zero-order chi connectivity index (χ0) is 18.8. The van der Waals surface area contributed by atoms with Crippen molar-refractivity contribution in [3.63, 3.8) is 0 Å². The summed E-state index contributed by atoms with van der Waals surface area (Å²) >= 11 is 0. The lowest BCUT2D eigenvalue weighted by Crippen LogP contribution is -1.93. The number of aryl methyl sites for hydroxylation is 3. The number of hydrogen-bond acceptors (Lipinski definition) is 2. The summed E-state index contributed by atoms with van der Waals surface area (Å²) in [5, 5.41) is 0. The highest BCUT2D eigenvalue weighted by Crippen LogP contribution is 2.25. The largest absolute Gasteiger partial charge is 0.426 e. The molecule has 1 aliphatic carbocycles. The van der Waals surface area contributed by atoms with Crippen molar-refractivity contribution in [1.29, 1.82) is 0 Å². The number of fused-ring (bicyclic) bond motifs is 1. The minimum absolute atomic E-state index is 0.285. The summed E-state index contributed by atoms with van der Waals surface area (Å²) in [6.07, 6.45) is 9.39. The summed E-state index contributed by atoms with van der Waals surface area (Å²) in [4.78, 5) is 7.84. The van der Waals surface area contributed by atoms with Crippen molar-refractivity contribution in [1.82, 2.24) is 9.97 Å². The number of aromatic amines is 1. The first-order chi connectivity index (χ1) is 13.1. The molecule has 0 radical (unpaired) electrons. The highest BCUT2D eigenvalue weighted by atomic mass is 16.5. The molecule has 3 heteroatoms. The maximum atomic E-state index is 5.91. The van der Waals surface area contributed by atoms with E-state index >= 15 is 0 Å². The van der Waals surface area contributed by atoms with E-state index in [1.54, 1.807) is 0 Å². The van der Waals surface area contributed by atoms with E-state index in [0.29, 0.717) is 6.01 Å². The number of aromatic nitrogens is 2. The standard InChI is InChI=1S/C24H22N2O/c1-16-9-12-21(13-17(16)2)27-24-25-22-14-18(3)20(15-23(22)26-24)11-10-19-7-5-4-6-8-19/h4-7,9,12-15,19H,8H2,1-3H3,(H,25,26). The summed E-state index contributed by atoms with van der Waals surface area (Å²) in [5.74, 6) is 7.73. The van der Waals surface area contributed by atoms with E-state index in [1.807, 2.05) is 18.2 Å². The fraction of sp³-hybridized carbons (Fsp3) is 0.208. The van der Waals surface area contributed by atoms with Gasteiger partial charge in [0.15, 0.2) is 0 Å². The second kappa shape index (κ2) is 7.17. The Kier molecular flexibility index (Phi) is 4.56. The van der Waals surface area contributed by atoms with Gasteiger partial charge in [-0.25, -0.2) is 0 Å². The summed E-state index contributed by atoms with van der Waals surface area (Å²) in [6.45, 7) is 6.24. The molecule has 1 N–H and O–H groups in total. The molecule has 27 heavy (non-hydrogen) atoms. The second-order valence-corrected chi connectivity index (χ2v) is 7.00. The number of rotatable bonds is 2. The maximum absolute atomic E-state index is 5.91. The molecule has 0 saturated heterocycles. The number of H-pyrrole nitrogens is 1. The lowest BCUT2D eigenvalue weighted by Gasteiger charge is -2.04. The Morgan fingerprint density at radius 2 is 1.93 bits per heavy atom. The van der Waals surface area contributed by atoms with E-state index in [-0.39, 0.29) is 5.92 Å². The fourth-order valence-electron chi connectivity index (χ4n) is 3.07. The third-order valence-corrected chi connectivity index (χ3v) is 4.87. The Morgan fingerprint density at radius 1 is 1.04 bits per heavy atom. The Labute approximate surface area is 159 Å². The lowest BCUT2D eigenvalue weighted by molar-refractivity contribution is 0.449. The van der Waals surface area contributed by atoms with Gasteiger partial charge in [-0.15, -0.1) is 0 Å². The van der Waals surface area contributed by atoms with E-state index < -0.39 is 0 Å². The van der Waals surface area contributed by atoms with Crippen LogP contribution >= 0.6 is 0 Å². The van der Waals surface area contributed by atoms with Gasteiger partial charge in [0.1, 0.15) is 5.75 Å². The Hall–Kier alpha value is -3.25. The number of imidazole rings is 1. The molecule has 0 spiro atoms. The van der Waals surface area contributed by atoms with E-state index in [4.69, 9.17) is 4.74 Å². The zero-order valence-corrected chi connectivity index (χ0v) is 15.8. The van der Waals surface area contributed by atoms with Crippen LogP contribution in [0.2, 0.25) is 0 Å². The second-order valence-electron chi connectivity index (χ2n) is 7.00. The molecule has 0 fully saturated rings. The van der Waals surface area contributed by atoms with Crippen LogP contribution in [0.15, 0.2) is 54.6 Å². The summed E-state index contributed by atoms with van der Waals surface area (Å²) < 4.78 is 5.91. The minimum atomic E-state index is 0.285. The molecule has 0 bridgehead atoms. The van der Waals surface area contributed by atoms with Gasteiger partial charge in [0.2, 0.25) is 0 Å². The molecule has 0 amide bonds. The maximum Gasteiger partial charge on any atom is 0.300 e. The van der Waals surface area contributed by atoms with Gasteiger partial charge in [0.25, 0.3) is 6.01 Å². The monoisotopic (exact) mass is 354 g/mol. The third kappa shape index (κ3) is 3.80. The number of nitrogens with one attached hydrogen (secondary N) is 1. The average molecular weight is 354 g/mol. The first-order valence-corrected chi connectivity index (χ1v) is 9.19. The number of ether oxygens (including phenoxy) is 1. The summed E-state index contributed by atoms with van der Waals surface area (Å²) in [5.41, 5.74) is 6.40.